The van der Waals surface area contributed by atoms with Gasteiger partial charge in [0.15, 0.2) is 5.11 Å². The molecule has 0 aliphatic carbocycles. The van der Waals surface area contributed by atoms with Gasteiger partial charge in [-0.25, -0.2) is 0 Å². The smallest absolute Gasteiger partial charge is 0.174 e. The van der Waals surface area contributed by atoms with Crippen molar-refractivity contribution in [1.82, 2.24) is 10.3 Å². The van der Waals surface area contributed by atoms with Crippen molar-refractivity contribution in [2.75, 3.05) is 4.90 Å². The molecule has 5 rings (SSSR count). The summed E-state index contributed by atoms with van der Waals surface area (Å²) in [4.78, 5) is 6.74. The second-order valence-electron chi connectivity index (χ2n) is 7.73. The van der Waals surface area contributed by atoms with E-state index in [4.69, 9.17) is 16.6 Å². The zero-order valence-corrected chi connectivity index (χ0v) is 19.9. The topological polar surface area (TPSA) is 41.3 Å². The summed E-state index contributed by atoms with van der Waals surface area (Å²) in [6.07, 6.45) is 2.81. The molecule has 0 radical (unpaired) electrons. The second kappa shape index (κ2) is 8.88. The molecular formula is C26H22BrN3OS. The summed E-state index contributed by atoms with van der Waals surface area (Å²) in [5, 5.41) is 4.14. The van der Waals surface area contributed by atoms with Gasteiger partial charge < -0.3 is 14.6 Å². The van der Waals surface area contributed by atoms with Crippen LogP contribution in [0.4, 0.5) is 5.69 Å². The van der Waals surface area contributed by atoms with Crippen molar-refractivity contribution in [3.8, 4) is 11.3 Å². The number of hydrogen-bond acceptors (Lipinski definition) is 3. The molecule has 2 aromatic heterocycles. The monoisotopic (exact) mass is 503 g/mol. The van der Waals surface area contributed by atoms with Gasteiger partial charge in [-0.15, -0.1) is 0 Å². The van der Waals surface area contributed by atoms with Crippen LogP contribution < -0.4 is 10.2 Å². The summed E-state index contributed by atoms with van der Waals surface area (Å²) in [5.41, 5.74) is 4.28. The number of benzene rings is 2. The number of furan rings is 1. The highest BCUT2D eigenvalue weighted by molar-refractivity contribution is 9.10. The van der Waals surface area contributed by atoms with Crippen molar-refractivity contribution in [2.45, 2.75) is 25.4 Å². The fourth-order valence-electron chi connectivity index (χ4n) is 4.10. The predicted molar refractivity (Wildman–Crippen MR) is 136 cm³/mol. The van der Waals surface area contributed by atoms with Crippen LogP contribution in [0.25, 0.3) is 11.3 Å². The van der Waals surface area contributed by atoms with Crippen molar-refractivity contribution in [3.63, 3.8) is 0 Å². The van der Waals surface area contributed by atoms with Crippen LogP contribution in [0.1, 0.15) is 36.0 Å². The molecule has 2 aromatic carbocycles. The largest absolute Gasteiger partial charge is 0.459 e. The number of pyridine rings is 1. The molecule has 0 amide bonds. The summed E-state index contributed by atoms with van der Waals surface area (Å²) >= 11 is 9.29. The summed E-state index contributed by atoms with van der Waals surface area (Å²) in [6.45, 7) is 2.16. The molecule has 2 atom stereocenters. The van der Waals surface area contributed by atoms with Gasteiger partial charge in [-0.05, 0) is 72.7 Å². The van der Waals surface area contributed by atoms with Gasteiger partial charge >= 0.3 is 0 Å². The third-order valence-electron chi connectivity index (χ3n) is 5.77. The van der Waals surface area contributed by atoms with Crippen LogP contribution in [0.3, 0.4) is 0 Å². The van der Waals surface area contributed by atoms with Crippen LogP contribution in [0.15, 0.2) is 93.9 Å². The standard InChI is InChI=1S/C26H22BrN3OS/c1-2-17-6-12-20(13-7-17)30-25(24(29-26(30)32)21-5-3-4-16-28-21)23-15-14-22(31-23)18-8-10-19(27)11-9-18/h3-16,24-25H,2H2,1H3,(H,29,32)/t24-,25-/m0/s1. The van der Waals surface area contributed by atoms with Crippen LogP contribution in [0, 0.1) is 0 Å². The SMILES string of the molecule is CCc1ccc(N2C(=S)N[C@@H](c3ccccn3)[C@@H]2c2ccc(-c3ccc(Br)cc3)o2)cc1. The molecule has 0 spiro atoms. The Morgan fingerprint density at radius 3 is 2.47 bits per heavy atom. The van der Waals surface area contributed by atoms with Crippen molar-refractivity contribution in [2.24, 2.45) is 0 Å². The lowest BCUT2D eigenvalue weighted by Crippen LogP contribution is -2.29. The Bertz CT molecular complexity index is 1220. The van der Waals surface area contributed by atoms with Crippen molar-refractivity contribution >= 4 is 38.9 Å². The van der Waals surface area contributed by atoms with E-state index >= 15 is 0 Å². The fourth-order valence-corrected chi connectivity index (χ4v) is 4.71. The number of rotatable bonds is 5. The van der Waals surface area contributed by atoms with Gasteiger partial charge in [-0.3, -0.25) is 4.98 Å². The molecule has 3 heterocycles. The minimum Gasteiger partial charge on any atom is -0.459 e. The van der Waals surface area contributed by atoms with E-state index in [2.05, 4.69) is 62.3 Å². The Labute approximate surface area is 201 Å². The van der Waals surface area contributed by atoms with Gasteiger partial charge in [0.2, 0.25) is 0 Å². The van der Waals surface area contributed by atoms with E-state index in [0.29, 0.717) is 5.11 Å². The molecule has 160 valence electrons. The molecule has 0 saturated carbocycles. The first-order valence-electron chi connectivity index (χ1n) is 10.6. The number of nitrogens with one attached hydrogen (secondary N) is 1. The summed E-state index contributed by atoms with van der Waals surface area (Å²) < 4.78 is 7.44. The number of aromatic nitrogens is 1. The van der Waals surface area contributed by atoms with Gasteiger partial charge in [0.05, 0.1) is 11.7 Å². The molecule has 4 aromatic rings. The zero-order valence-electron chi connectivity index (χ0n) is 17.5. The number of halogens is 1. The molecule has 1 aliphatic heterocycles. The van der Waals surface area contributed by atoms with Gasteiger partial charge in [0.1, 0.15) is 17.6 Å². The quantitative estimate of drug-likeness (QED) is 0.301. The predicted octanol–water partition coefficient (Wildman–Crippen LogP) is 6.84. The Kier molecular flexibility index (Phi) is 5.81. The maximum atomic E-state index is 6.41. The Hall–Kier alpha value is -2.96. The van der Waals surface area contributed by atoms with E-state index in [9.17, 15) is 0 Å². The molecule has 0 unspecified atom stereocenters. The zero-order chi connectivity index (χ0) is 22.1. The number of thiocarbonyl (C=S) groups is 1. The molecule has 4 nitrogen and oxygen atoms in total. The lowest BCUT2D eigenvalue weighted by Gasteiger charge is -2.26. The first-order valence-corrected chi connectivity index (χ1v) is 11.8. The Balaban J connectivity index is 1.57. The van der Waals surface area contributed by atoms with Crippen LogP contribution >= 0.6 is 28.1 Å². The average molecular weight is 504 g/mol. The molecule has 1 aliphatic rings. The fraction of sp³-hybridized carbons (Fsp3) is 0.154. The van der Waals surface area contributed by atoms with Crippen LogP contribution in [-0.2, 0) is 6.42 Å². The van der Waals surface area contributed by atoms with E-state index in [1.54, 1.807) is 0 Å². The molecule has 1 N–H and O–H groups in total. The lowest BCUT2D eigenvalue weighted by atomic mass is 10.0. The van der Waals surface area contributed by atoms with Gasteiger partial charge in [0, 0.05) is 21.9 Å². The normalized spacial score (nSPS) is 18.1. The number of anilines is 1. The highest BCUT2D eigenvalue weighted by Gasteiger charge is 2.42. The van der Waals surface area contributed by atoms with E-state index < -0.39 is 0 Å². The van der Waals surface area contributed by atoms with E-state index in [0.717, 1.165) is 39.4 Å². The van der Waals surface area contributed by atoms with Gasteiger partial charge in [-0.2, -0.15) is 0 Å². The van der Waals surface area contributed by atoms with Crippen molar-refractivity contribution in [3.05, 3.63) is 107 Å². The summed E-state index contributed by atoms with van der Waals surface area (Å²) in [6, 6.07) is 26.4. The van der Waals surface area contributed by atoms with Crippen molar-refractivity contribution < 1.29 is 4.42 Å². The maximum absolute atomic E-state index is 6.41. The van der Waals surface area contributed by atoms with Crippen LogP contribution in [-0.4, -0.2) is 10.1 Å². The first kappa shape index (κ1) is 20.9. The minimum atomic E-state index is -0.158. The molecule has 1 saturated heterocycles. The third kappa shape index (κ3) is 3.96. The minimum absolute atomic E-state index is 0.126. The van der Waals surface area contributed by atoms with E-state index in [1.165, 1.54) is 5.56 Å². The van der Waals surface area contributed by atoms with E-state index in [-0.39, 0.29) is 12.1 Å². The first-order chi connectivity index (χ1) is 15.6. The maximum Gasteiger partial charge on any atom is 0.174 e. The third-order valence-corrected chi connectivity index (χ3v) is 6.61. The molecule has 0 bridgehead atoms. The second-order valence-corrected chi connectivity index (χ2v) is 9.03. The lowest BCUT2D eigenvalue weighted by molar-refractivity contribution is 0.439. The van der Waals surface area contributed by atoms with Crippen molar-refractivity contribution in [1.29, 1.82) is 0 Å². The van der Waals surface area contributed by atoms with E-state index in [1.807, 2.05) is 60.8 Å². The number of aryl methyl sites for hydroxylation is 1. The molecule has 6 heteroatoms. The summed E-state index contributed by atoms with van der Waals surface area (Å²) in [5.74, 6) is 1.66. The highest BCUT2D eigenvalue weighted by Crippen LogP contribution is 2.43. The van der Waals surface area contributed by atoms with Gasteiger partial charge in [0.25, 0.3) is 0 Å². The summed E-state index contributed by atoms with van der Waals surface area (Å²) in [7, 11) is 0. The number of nitrogens with zero attached hydrogens (tertiary/aromatic N) is 2. The molecular weight excluding hydrogens is 482 g/mol. The molecule has 1 fully saturated rings. The Morgan fingerprint density at radius 1 is 1.00 bits per heavy atom. The average Bonchev–Trinajstić information content (AvgIpc) is 3.45. The van der Waals surface area contributed by atoms with Crippen LogP contribution in [0.5, 0.6) is 0 Å². The van der Waals surface area contributed by atoms with Gasteiger partial charge in [-0.1, -0.05) is 53.2 Å². The molecule has 32 heavy (non-hydrogen) atoms. The number of hydrogen-bond donors (Lipinski definition) is 1. The highest BCUT2D eigenvalue weighted by atomic mass is 79.9. The van der Waals surface area contributed by atoms with Crippen LogP contribution in [0.2, 0.25) is 0 Å². The Morgan fingerprint density at radius 2 is 1.78 bits per heavy atom.